The minimum absolute atomic E-state index is 0.720. The zero-order valence-electron chi connectivity index (χ0n) is 11.0. The van der Waals surface area contributed by atoms with Gasteiger partial charge in [0.1, 0.15) is 0 Å². The van der Waals surface area contributed by atoms with E-state index >= 15 is 0 Å². The van der Waals surface area contributed by atoms with Gasteiger partial charge in [-0.1, -0.05) is 61.7 Å². The van der Waals surface area contributed by atoms with E-state index in [-0.39, 0.29) is 0 Å². The highest BCUT2D eigenvalue weighted by Crippen LogP contribution is 2.39. The van der Waals surface area contributed by atoms with Gasteiger partial charge < -0.3 is 0 Å². The van der Waals surface area contributed by atoms with Crippen molar-refractivity contribution in [1.82, 2.24) is 0 Å². The molecular weight excluding hydrogens is 204 g/mol. The van der Waals surface area contributed by atoms with Crippen LogP contribution in [-0.4, -0.2) is 0 Å². The molecule has 0 amide bonds. The van der Waals surface area contributed by atoms with Crippen molar-refractivity contribution in [3.8, 4) is 0 Å². The van der Waals surface area contributed by atoms with Crippen molar-refractivity contribution >= 4 is 0 Å². The van der Waals surface area contributed by atoms with Gasteiger partial charge in [-0.2, -0.15) is 0 Å². The molecule has 17 heavy (non-hydrogen) atoms. The third kappa shape index (κ3) is 3.46. The SMILES string of the molecule is CCCCC/C=C1\CCCC1c1ccccc1. The molecule has 0 heterocycles. The molecule has 1 aromatic rings. The van der Waals surface area contributed by atoms with Gasteiger partial charge in [-0.05, 0) is 37.7 Å². The van der Waals surface area contributed by atoms with Crippen LogP contribution in [0.25, 0.3) is 0 Å². The molecule has 0 nitrogen and oxygen atoms in total. The highest BCUT2D eigenvalue weighted by Gasteiger charge is 2.21. The zero-order valence-corrected chi connectivity index (χ0v) is 11.0. The predicted molar refractivity (Wildman–Crippen MR) is 75.3 cm³/mol. The van der Waals surface area contributed by atoms with E-state index in [9.17, 15) is 0 Å². The summed E-state index contributed by atoms with van der Waals surface area (Å²) in [5.74, 6) is 0.720. The van der Waals surface area contributed by atoms with Crippen molar-refractivity contribution in [2.75, 3.05) is 0 Å². The average Bonchev–Trinajstić information content (AvgIpc) is 2.84. The van der Waals surface area contributed by atoms with Gasteiger partial charge in [-0.25, -0.2) is 0 Å². The van der Waals surface area contributed by atoms with Crippen molar-refractivity contribution in [1.29, 1.82) is 0 Å². The van der Waals surface area contributed by atoms with Gasteiger partial charge in [-0.3, -0.25) is 0 Å². The van der Waals surface area contributed by atoms with Gasteiger partial charge in [0.05, 0.1) is 0 Å². The first-order chi connectivity index (χ1) is 8.42. The molecule has 1 unspecified atom stereocenters. The fourth-order valence-corrected chi connectivity index (χ4v) is 2.86. The molecule has 0 N–H and O–H groups in total. The van der Waals surface area contributed by atoms with Gasteiger partial charge in [0, 0.05) is 5.92 Å². The Hall–Kier alpha value is -1.04. The Labute approximate surface area is 106 Å². The molecule has 1 atom stereocenters. The van der Waals surface area contributed by atoms with Gasteiger partial charge in [0.25, 0.3) is 0 Å². The van der Waals surface area contributed by atoms with Crippen molar-refractivity contribution < 1.29 is 0 Å². The molecule has 1 saturated carbocycles. The summed E-state index contributed by atoms with van der Waals surface area (Å²) in [6.07, 6.45) is 11.9. The van der Waals surface area contributed by atoms with Crippen LogP contribution in [0, 0.1) is 0 Å². The van der Waals surface area contributed by atoms with E-state index in [0.29, 0.717) is 0 Å². The van der Waals surface area contributed by atoms with E-state index in [1.165, 1.54) is 50.5 Å². The summed E-state index contributed by atoms with van der Waals surface area (Å²) in [5, 5.41) is 0. The molecule has 0 radical (unpaired) electrons. The molecule has 2 rings (SSSR count). The van der Waals surface area contributed by atoms with Crippen LogP contribution in [0.1, 0.15) is 63.4 Å². The fraction of sp³-hybridized carbons (Fsp3) is 0.529. The number of benzene rings is 1. The van der Waals surface area contributed by atoms with Crippen LogP contribution < -0.4 is 0 Å². The van der Waals surface area contributed by atoms with Crippen LogP contribution in [-0.2, 0) is 0 Å². The minimum Gasteiger partial charge on any atom is -0.0847 e. The van der Waals surface area contributed by atoms with Gasteiger partial charge in [0.2, 0.25) is 0 Å². The Kier molecular flexibility index (Phi) is 4.85. The number of allylic oxidation sites excluding steroid dienone is 2. The molecule has 0 aliphatic heterocycles. The Balaban J connectivity index is 1.97. The van der Waals surface area contributed by atoms with Crippen LogP contribution in [0.4, 0.5) is 0 Å². The molecule has 0 bridgehead atoms. The molecule has 1 aliphatic rings. The second kappa shape index (κ2) is 6.64. The standard InChI is InChI=1S/C17H24/c1-2-3-4-6-10-16-13-9-14-17(16)15-11-7-5-8-12-15/h5,7-8,10-12,17H,2-4,6,9,13-14H2,1H3/b16-10+. The van der Waals surface area contributed by atoms with Crippen molar-refractivity contribution in [2.24, 2.45) is 0 Å². The van der Waals surface area contributed by atoms with E-state index in [1.807, 2.05) is 0 Å². The summed E-state index contributed by atoms with van der Waals surface area (Å²) >= 11 is 0. The summed E-state index contributed by atoms with van der Waals surface area (Å²) in [5.41, 5.74) is 3.22. The number of hydrogen-bond acceptors (Lipinski definition) is 0. The third-order valence-electron chi connectivity index (χ3n) is 3.82. The maximum absolute atomic E-state index is 2.53. The van der Waals surface area contributed by atoms with Crippen molar-refractivity contribution in [3.63, 3.8) is 0 Å². The highest BCUT2D eigenvalue weighted by atomic mass is 14.3. The van der Waals surface area contributed by atoms with Crippen LogP contribution in [0.5, 0.6) is 0 Å². The Morgan fingerprint density at radius 1 is 1.18 bits per heavy atom. The first-order valence-corrected chi connectivity index (χ1v) is 7.15. The molecule has 1 aliphatic carbocycles. The van der Waals surface area contributed by atoms with Gasteiger partial charge in [0.15, 0.2) is 0 Å². The second-order valence-corrected chi connectivity index (χ2v) is 5.13. The van der Waals surface area contributed by atoms with Crippen LogP contribution in [0.15, 0.2) is 42.0 Å². The number of unbranched alkanes of at least 4 members (excludes halogenated alkanes) is 3. The minimum atomic E-state index is 0.720. The predicted octanol–water partition coefficient (Wildman–Crippen LogP) is 5.46. The van der Waals surface area contributed by atoms with Crippen LogP contribution >= 0.6 is 0 Å². The topological polar surface area (TPSA) is 0 Å². The lowest BCUT2D eigenvalue weighted by atomic mass is 9.93. The lowest BCUT2D eigenvalue weighted by Crippen LogP contribution is -1.95. The molecule has 0 saturated heterocycles. The van der Waals surface area contributed by atoms with Crippen LogP contribution in [0.2, 0.25) is 0 Å². The molecule has 92 valence electrons. The Morgan fingerprint density at radius 3 is 2.76 bits per heavy atom. The monoisotopic (exact) mass is 228 g/mol. The van der Waals surface area contributed by atoms with Gasteiger partial charge >= 0.3 is 0 Å². The third-order valence-corrected chi connectivity index (χ3v) is 3.82. The van der Waals surface area contributed by atoms with E-state index < -0.39 is 0 Å². The second-order valence-electron chi connectivity index (χ2n) is 5.13. The normalized spacial score (nSPS) is 22.2. The molecular formula is C17H24. The summed E-state index contributed by atoms with van der Waals surface area (Å²) in [4.78, 5) is 0. The fourth-order valence-electron chi connectivity index (χ4n) is 2.86. The van der Waals surface area contributed by atoms with E-state index in [0.717, 1.165) is 5.92 Å². The summed E-state index contributed by atoms with van der Waals surface area (Å²) in [6.45, 7) is 2.27. The molecule has 1 aromatic carbocycles. The lowest BCUT2D eigenvalue weighted by Gasteiger charge is -2.12. The van der Waals surface area contributed by atoms with Crippen molar-refractivity contribution in [3.05, 3.63) is 47.5 Å². The molecule has 1 fully saturated rings. The Bertz CT molecular complexity index is 348. The average molecular weight is 228 g/mol. The molecule has 0 aromatic heterocycles. The smallest absolute Gasteiger partial charge is 0.00482 e. The summed E-state index contributed by atoms with van der Waals surface area (Å²) in [7, 11) is 0. The largest absolute Gasteiger partial charge is 0.0847 e. The first kappa shape index (κ1) is 12.4. The van der Waals surface area contributed by atoms with E-state index in [1.54, 1.807) is 5.57 Å². The van der Waals surface area contributed by atoms with Gasteiger partial charge in [-0.15, -0.1) is 0 Å². The maximum Gasteiger partial charge on any atom is 0.00482 e. The summed E-state index contributed by atoms with van der Waals surface area (Å²) < 4.78 is 0. The molecule has 0 spiro atoms. The highest BCUT2D eigenvalue weighted by molar-refractivity contribution is 5.31. The maximum atomic E-state index is 2.53. The summed E-state index contributed by atoms with van der Waals surface area (Å²) in [6, 6.07) is 11.0. The van der Waals surface area contributed by atoms with E-state index in [4.69, 9.17) is 0 Å². The number of hydrogen-bond donors (Lipinski definition) is 0. The van der Waals surface area contributed by atoms with Crippen LogP contribution in [0.3, 0.4) is 0 Å². The lowest BCUT2D eigenvalue weighted by molar-refractivity contribution is 0.722. The number of rotatable bonds is 5. The zero-order chi connectivity index (χ0) is 11.9. The molecule has 0 heteroatoms. The first-order valence-electron chi connectivity index (χ1n) is 7.15. The Morgan fingerprint density at radius 2 is 2.00 bits per heavy atom. The van der Waals surface area contributed by atoms with E-state index in [2.05, 4.69) is 43.3 Å². The van der Waals surface area contributed by atoms with Crippen molar-refractivity contribution in [2.45, 2.75) is 57.8 Å². The quantitative estimate of drug-likeness (QED) is 0.463.